The van der Waals surface area contributed by atoms with Gasteiger partial charge in [0, 0.05) is 45.3 Å². The molecular weight excluding hydrogens is 332 g/mol. The van der Waals surface area contributed by atoms with Crippen LogP contribution in [0.3, 0.4) is 0 Å². The molecule has 3 heterocycles. The lowest BCUT2D eigenvalue weighted by Gasteiger charge is -2.32. The zero-order chi connectivity index (χ0) is 18.5. The zero-order valence-corrected chi connectivity index (χ0v) is 15.7. The highest BCUT2D eigenvalue weighted by atomic mass is 16.3. The largest absolute Gasteiger partial charge is 0.463 e. The third-order valence-electron chi connectivity index (χ3n) is 4.68. The monoisotopic (exact) mass is 360 g/mol. The number of aromatic nitrogens is 2. The summed E-state index contributed by atoms with van der Waals surface area (Å²) in [6.07, 6.45) is 3.56. The molecule has 0 saturated carbocycles. The molecule has 0 atom stereocenters. The number of likely N-dealkylation sites (tertiary alicyclic amines) is 1. The molecule has 1 aliphatic rings. The Morgan fingerprint density at radius 2 is 2.15 bits per heavy atom. The summed E-state index contributed by atoms with van der Waals surface area (Å²) in [7, 11) is 5.98. The Hall–Kier alpha value is -2.32. The number of carbonyl (C=O) groups is 1. The fraction of sp³-hybridized carbons (Fsp3) is 0.556. The number of hydrogen-bond acceptors (Lipinski definition) is 5. The highest BCUT2D eigenvalue weighted by molar-refractivity contribution is 5.89. The Labute approximate surface area is 154 Å². The molecule has 2 amide bonds. The molecule has 0 unspecified atom stereocenters. The summed E-state index contributed by atoms with van der Waals surface area (Å²) in [6.45, 7) is 4.19. The van der Waals surface area contributed by atoms with Gasteiger partial charge in [0.25, 0.3) is 0 Å². The van der Waals surface area contributed by atoms with Crippen molar-refractivity contribution in [2.45, 2.75) is 18.9 Å². The van der Waals surface area contributed by atoms with E-state index >= 15 is 0 Å². The Kier molecular flexibility index (Phi) is 5.95. The first-order valence-electron chi connectivity index (χ1n) is 9.04. The average molecular weight is 360 g/mol. The van der Waals surface area contributed by atoms with Crippen LogP contribution >= 0.6 is 0 Å². The van der Waals surface area contributed by atoms with E-state index in [2.05, 4.69) is 39.6 Å². The number of likely N-dealkylation sites (N-methyl/N-ethyl adjacent to an activating group) is 1. The van der Waals surface area contributed by atoms with Crippen LogP contribution in [0.15, 0.2) is 28.9 Å². The average Bonchev–Trinajstić information content (AvgIpc) is 3.24. The summed E-state index contributed by atoms with van der Waals surface area (Å²) >= 11 is 0. The molecule has 2 aromatic heterocycles. The van der Waals surface area contributed by atoms with E-state index in [0.717, 1.165) is 39.0 Å². The molecule has 1 aliphatic heterocycles. The lowest BCUT2D eigenvalue weighted by atomic mass is 10.1. The lowest BCUT2D eigenvalue weighted by Crippen LogP contribution is -2.47. The van der Waals surface area contributed by atoms with Crippen molar-refractivity contribution in [3.63, 3.8) is 0 Å². The third-order valence-corrected chi connectivity index (χ3v) is 4.68. The van der Waals surface area contributed by atoms with E-state index in [4.69, 9.17) is 4.42 Å². The first-order valence-corrected chi connectivity index (χ1v) is 9.04. The Morgan fingerprint density at radius 1 is 1.38 bits per heavy atom. The minimum atomic E-state index is -0.189. The number of rotatable bonds is 6. The van der Waals surface area contributed by atoms with Gasteiger partial charge < -0.3 is 19.5 Å². The number of furan rings is 1. The van der Waals surface area contributed by atoms with Gasteiger partial charge in [-0.1, -0.05) is 0 Å². The summed E-state index contributed by atoms with van der Waals surface area (Å²) in [5.74, 6) is 1.32. The zero-order valence-electron chi connectivity index (χ0n) is 15.7. The smallest absolute Gasteiger partial charge is 0.320 e. The molecule has 0 aliphatic carbocycles. The predicted molar refractivity (Wildman–Crippen MR) is 101 cm³/mol. The van der Waals surface area contributed by atoms with E-state index in [9.17, 15) is 4.79 Å². The van der Waals surface area contributed by atoms with Gasteiger partial charge in [-0.3, -0.25) is 10.00 Å². The molecule has 3 rings (SSSR count). The van der Waals surface area contributed by atoms with Gasteiger partial charge in [-0.05, 0) is 39.1 Å². The van der Waals surface area contributed by atoms with Crippen LogP contribution in [-0.2, 0) is 7.05 Å². The summed E-state index contributed by atoms with van der Waals surface area (Å²) < 4.78 is 6.99. The van der Waals surface area contributed by atoms with Gasteiger partial charge in [-0.2, -0.15) is 5.10 Å². The van der Waals surface area contributed by atoms with E-state index in [1.54, 1.807) is 18.0 Å². The molecule has 8 heteroatoms. The number of hydrogen-bond donors (Lipinski definition) is 2. The van der Waals surface area contributed by atoms with Crippen LogP contribution in [0.5, 0.6) is 0 Å². The highest BCUT2D eigenvalue weighted by Gasteiger charge is 2.21. The standard InChI is InChI=1S/C18H28N6O2/c1-22(2)10-11-24-8-6-14(7-9-24)19-18(25)20-17-13-15(21-23(17)3)16-5-4-12-26-16/h4-5,12-14H,6-11H2,1-3H3,(H2,19,20,25). The molecule has 1 saturated heterocycles. The Balaban J connectivity index is 1.46. The van der Waals surface area contributed by atoms with Crippen molar-refractivity contribution >= 4 is 11.8 Å². The summed E-state index contributed by atoms with van der Waals surface area (Å²) in [6, 6.07) is 5.49. The third kappa shape index (κ3) is 4.86. The van der Waals surface area contributed by atoms with E-state index in [0.29, 0.717) is 17.3 Å². The number of anilines is 1. The molecule has 0 bridgehead atoms. The molecule has 2 aromatic rings. The Morgan fingerprint density at radius 3 is 2.81 bits per heavy atom. The maximum atomic E-state index is 12.3. The molecule has 142 valence electrons. The summed E-state index contributed by atoms with van der Waals surface area (Å²) in [5, 5.41) is 10.3. The van der Waals surface area contributed by atoms with Crippen molar-refractivity contribution < 1.29 is 9.21 Å². The topological polar surface area (TPSA) is 78.6 Å². The second kappa shape index (κ2) is 8.37. The Bertz CT molecular complexity index is 701. The van der Waals surface area contributed by atoms with Crippen molar-refractivity contribution in [2.24, 2.45) is 7.05 Å². The fourth-order valence-corrected chi connectivity index (χ4v) is 3.11. The molecule has 0 aromatic carbocycles. The minimum absolute atomic E-state index is 0.189. The van der Waals surface area contributed by atoms with Gasteiger partial charge in [0.15, 0.2) is 5.76 Å². The van der Waals surface area contributed by atoms with Crippen molar-refractivity contribution in [3.05, 3.63) is 24.5 Å². The highest BCUT2D eigenvalue weighted by Crippen LogP contribution is 2.21. The number of carbonyl (C=O) groups excluding carboxylic acids is 1. The van der Waals surface area contributed by atoms with Gasteiger partial charge in [-0.25, -0.2) is 4.79 Å². The van der Waals surface area contributed by atoms with E-state index in [1.165, 1.54) is 0 Å². The number of piperidine rings is 1. The second-order valence-electron chi connectivity index (χ2n) is 7.03. The van der Waals surface area contributed by atoms with Crippen molar-refractivity contribution in [1.82, 2.24) is 24.9 Å². The van der Waals surface area contributed by atoms with Crippen LogP contribution < -0.4 is 10.6 Å². The first kappa shape index (κ1) is 18.5. The number of nitrogens with zero attached hydrogens (tertiary/aromatic N) is 4. The lowest BCUT2D eigenvalue weighted by molar-refractivity contribution is 0.182. The normalized spacial score (nSPS) is 16.2. The minimum Gasteiger partial charge on any atom is -0.463 e. The molecule has 0 spiro atoms. The van der Waals surface area contributed by atoms with E-state index in [-0.39, 0.29) is 12.1 Å². The maximum Gasteiger partial charge on any atom is 0.320 e. The van der Waals surface area contributed by atoms with Crippen LogP contribution in [0.25, 0.3) is 11.5 Å². The van der Waals surface area contributed by atoms with Gasteiger partial charge in [0.2, 0.25) is 0 Å². The van der Waals surface area contributed by atoms with Crippen LogP contribution in [0, 0.1) is 0 Å². The quantitative estimate of drug-likeness (QED) is 0.822. The summed E-state index contributed by atoms with van der Waals surface area (Å²) in [5.41, 5.74) is 0.696. The van der Waals surface area contributed by atoms with Crippen molar-refractivity contribution in [2.75, 3.05) is 45.6 Å². The van der Waals surface area contributed by atoms with Crippen LogP contribution in [0.1, 0.15) is 12.8 Å². The van der Waals surface area contributed by atoms with Crippen molar-refractivity contribution in [3.8, 4) is 11.5 Å². The number of urea groups is 1. The van der Waals surface area contributed by atoms with Crippen molar-refractivity contribution in [1.29, 1.82) is 0 Å². The number of amides is 2. The predicted octanol–water partition coefficient (Wildman–Crippen LogP) is 1.83. The molecule has 2 N–H and O–H groups in total. The second-order valence-corrected chi connectivity index (χ2v) is 7.03. The van der Waals surface area contributed by atoms with E-state index < -0.39 is 0 Å². The molecule has 0 radical (unpaired) electrons. The van der Waals surface area contributed by atoms with Gasteiger partial charge >= 0.3 is 6.03 Å². The van der Waals surface area contributed by atoms with Gasteiger partial charge in [0.05, 0.1) is 6.26 Å². The number of aryl methyl sites for hydroxylation is 1. The van der Waals surface area contributed by atoms with E-state index in [1.807, 2.05) is 18.2 Å². The fourth-order valence-electron chi connectivity index (χ4n) is 3.11. The van der Waals surface area contributed by atoms with Crippen LogP contribution in [0.4, 0.5) is 10.6 Å². The molecule has 8 nitrogen and oxygen atoms in total. The summed E-state index contributed by atoms with van der Waals surface area (Å²) in [4.78, 5) is 17.0. The molecule has 26 heavy (non-hydrogen) atoms. The van der Waals surface area contributed by atoms with Crippen LogP contribution in [0.2, 0.25) is 0 Å². The van der Waals surface area contributed by atoms with Gasteiger partial charge in [-0.15, -0.1) is 0 Å². The molecular formula is C18H28N6O2. The maximum absolute atomic E-state index is 12.3. The van der Waals surface area contributed by atoms with Gasteiger partial charge in [0.1, 0.15) is 11.5 Å². The SMILES string of the molecule is CN(C)CCN1CCC(NC(=O)Nc2cc(-c3ccco3)nn2C)CC1. The molecule has 1 fully saturated rings. The first-order chi connectivity index (χ1) is 12.5. The number of nitrogens with one attached hydrogen (secondary N) is 2. The van der Waals surface area contributed by atoms with Crippen LogP contribution in [-0.4, -0.2) is 71.9 Å².